The first-order valence-corrected chi connectivity index (χ1v) is 4.92. The van der Waals surface area contributed by atoms with E-state index in [1.165, 1.54) is 0 Å². The van der Waals surface area contributed by atoms with Crippen LogP contribution in [0.2, 0.25) is 0 Å². The third-order valence-electron chi connectivity index (χ3n) is 2.18. The zero-order valence-electron chi connectivity index (χ0n) is 8.65. The summed E-state index contributed by atoms with van der Waals surface area (Å²) in [5, 5.41) is 0. The predicted molar refractivity (Wildman–Crippen MR) is 50.0 cm³/mol. The molecule has 0 aromatic rings. The molecule has 0 spiro atoms. The maximum Gasteiger partial charge on any atom is 0.511 e. The maximum absolute atomic E-state index is 11.1. The number of hydrogen-bond donors (Lipinski definition) is 1. The lowest BCUT2D eigenvalue weighted by Crippen LogP contribution is -2.39. The number of hydrogen-bond acceptors (Lipinski definition) is 5. The Labute approximate surface area is 87.7 Å². The lowest BCUT2D eigenvalue weighted by atomic mass is 10.2. The minimum Gasteiger partial charge on any atom is -0.434 e. The van der Waals surface area contributed by atoms with Gasteiger partial charge in [0.25, 0.3) is 5.79 Å². The number of primary amides is 1. The van der Waals surface area contributed by atoms with E-state index in [0.29, 0.717) is 12.8 Å². The first kappa shape index (κ1) is 11.6. The quantitative estimate of drug-likeness (QED) is 0.572. The smallest absolute Gasteiger partial charge is 0.434 e. The molecule has 0 bridgehead atoms. The van der Waals surface area contributed by atoms with Gasteiger partial charge in [-0.1, -0.05) is 0 Å². The van der Waals surface area contributed by atoms with Gasteiger partial charge >= 0.3 is 12.2 Å². The molecule has 0 unspecified atom stereocenters. The molecule has 6 nitrogen and oxygen atoms in total. The van der Waals surface area contributed by atoms with Crippen LogP contribution in [-0.4, -0.2) is 24.6 Å². The van der Waals surface area contributed by atoms with Crippen molar-refractivity contribution < 1.29 is 23.8 Å². The molecule has 1 fully saturated rings. The van der Waals surface area contributed by atoms with Crippen molar-refractivity contribution in [2.75, 3.05) is 6.61 Å². The molecule has 6 heteroatoms. The molecule has 15 heavy (non-hydrogen) atoms. The highest BCUT2D eigenvalue weighted by molar-refractivity contribution is 5.66. The molecular weight excluding hydrogens is 202 g/mol. The summed E-state index contributed by atoms with van der Waals surface area (Å²) >= 11 is 0. The van der Waals surface area contributed by atoms with Crippen LogP contribution in [0.3, 0.4) is 0 Å². The molecule has 1 aliphatic rings. The highest BCUT2D eigenvalue weighted by Gasteiger charge is 2.42. The molecule has 0 atom stereocenters. The van der Waals surface area contributed by atoms with Crippen molar-refractivity contribution in [1.29, 1.82) is 0 Å². The van der Waals surface area contributed by atoms with Gasteiger partial charge in [0.1, 0.15) is 0 Å². The predicted octanol–water partition coefficient (Wildman–Crippen LogP) is 1.53. The van der Waals surface area contributed by atoms with E-state index < -0.39 is 18.0 Å². The van der Waals surface area contributed by atoms with E-state index in [4.69, 9.17) is 15.2 Å². The molecule has 0 aromatic carbocycles. The second kappa shape index (κ2) is 4.86. The minimum absolute atomic E-state index is 0.214. The average Bonchev–Trinajstić information content (AvgIpc) is 2.51. The second-order valence-corrected chi connectivity index (χ2v) is 3.32. The molecule has 0 heterocycles. The highest BCUT2D eigenvalue weighted by Crippen LogP contribution is 2.34. The van der Waals surface area contributed by atoms with Crippen LogP contribution in [0.15, 0.2) is 0 Å². The topological polar surface area (TPSA) is 87.8 Å². The molecule has 86 valence electrons. The fourth-order valence-electron chi connectivity index (χ4n) is 1.62. The largest absolute Gasteiger partial charge is 0.511 e. The van der Waals surface area contributed by atoms with Crippen molar-refractivity contribution in [2.24, 2.45) is 5.73 Å². The van der Waals surface area contributed by atoms with Gasteiger partial charge in [0.15, 0.2) is 0 Å². The standard InChI is InChI=1S/C9H15NO5/c1-2-13-8(12)15-9(14-7(10)11)5-3-4-6-9/h2-6H2,1H3,(H2,10,11). The first-order valence-electron chi connectivity index (χ1n) is 4.92. The van der Waals surface area contributed by atoms with Gasteiger partial charge in [0.2, 0.25) is 0 Å². The van der Waals surface area contributed by atoms with Crippen LogP contribution in [0.25, 0.3) is 0 Å². The van der Waals surface area contributed by atoms with Crippen molar-refractivity contribution in [3.8, 4) is 0 Å². The van der Waals surface area contributed by atoms with Crippen molar-refractivity contribution in [2.45, 2.75) is 38.4 Å². The number of ether oxygens (including phenoxy) is 3. The molecule has 0 radical (unpaired) electrons. The number of carbonyl (C=O) groups excluding carboxylic acids is 2. The molecule has 0 aromatic heterocycles. The molecule has 1 saturated carbocycles. The van der Waals surface area contributed by atoms with Gasteiger partial charge < -0.3 is 19.9 Å². The third-order valence-corrected chi connectivity index (χ3v) is 2.18. The van der Waals surface area contributed by atoms with Gasteiger partial charge in [-0.3, -0.25) is 0 Å². The zero-order valence-corrected chi connectivity index (χ0v) is 8.65. The van der Waals surface area contributed by atoms with Crippen molar-refractivity contribution in [3.63, 3.8) is 0 Å². The summed E-state index contributed by atoms with van der Waals surface area (Å²) in [6, 6.07) is 0. The van der Waals surface area contributed by atoms with E-state index in [-0.39, 0.29) is 6.61 Å². The van der Waals surface area contributed by atoms with Crippen LogP contribution in [0.4, 0.5) is 9.59 Å². The normalized spacial score (nSPS) is 18.2. The lowest BCUT2D eigenvalue weighted by Gasteiger charge is -2.26. The molecular formula is C9H15NO5. The third kappa shape index (κ3) is 3.30. The van der Waals surface area contributed by atoms with E-state index in [1.54, 1.807) is 6.92 Å². The fraction of sp³-hybridized carbons (Fsp3) is 0.778. The molecule has 1 rings (SSSR count). The Balaban J connectivity index is 2.56. The summed E-state index contributed by atoms with van der Waals surface area (Å²) in [7, 11) is 0. The highest BCUT2D eigenvalue weighted by atomic mass is 16.8. The maximum atomic E-state index is 11.1. The van der Waals surface area contributed by atoms with Crippen LogP contribution in [0.1, 0.15) is 32.6 Å². The minimum atomic E-state index is -1.21. The summed E-state index contributed by atoms with van der Waals surface area (Å²) in [5.41, 5.74) is 4.91. The summed E-state index contributed by atoms with van der Waals surface area (Å²) in [6.07, 6.45) is 0.810. The van der Waals surface area contributed by atoms with Crippen LogP contribution < -0.4 is 5.73 Å². The van der Waals surface area contributed by atoms with Gasteiger partial charge in [0.05, 0.1) is 6.61 Å². The summed E-state index contributed by atoms with van der Waals surface area (Å²) in [5.74, 6) is -1.21. The second-order valence-electron chi connectivity index (χ2n) is 3.32. The van der Waals surface area contributed by atoms with Crippen molar-refractivity contribution in [1.82, 2.24) is 0 Å². The number of rotatable bonds is 3. The zero-order chi connectivity index (χ0) is 11.3. The fourth-order valence-corrected chi connectivity index (χ4v) is 1.62. The van der Waals surface area contributed by atoms with Crippen molar-refractivity contribution in [3.05, 3.63) is 0 Å². The Bertz CT molecular complexity index is 247. The van der Waals surface area contributed by atoms with E-state index in [0.717, 1.165) is 12.8 Å². The van der Waals surface area contributed by atoms with E-state index in [1.807, 2.05) is 0 Å². The Morgan fingerprint density at radius 1 is 1.27 bits per heavy atom. The van der Waals surface area contributed by atoms with Crippen LogP contribution in [0.5, 0.6) is 0 Å². The molecule has 1 aliphatic carbocycles. The summed E-state index contributed by atoms with van der Waals surface area (Å²) in [6.45, 7) is 1.88. The molecule has 2 N–H and O–H groups in total. The first-order chi connectivity index (χ1) is 7.08. The van der Waals surface area contributed by atoms with E-state index in [2.05, 4.69) is 4.74 Å². The van der Waals surface area contributed by atoms with Gasteiger partial charge in [-0.05, 0) is 19.8 Å². The Kier molecular flexibility index (Phi) is 3.76. The van der Waals surface area contributed by atoms with E-state index >= 15 is 0 Å². The van der Waals surface area contributed by atoms with Crippen LogP contribution >= 0.6 is 0 Å². The van der Waals surface area contributed by atoms with Gasteiger partial charge in [-0.25, -0.2) is 9.59 Å². The molecule has 0 saturated heterocycles. The van der Waals surface area contributed by atoms with Crippen LogP contribution in [0, 0.1) is 0 Å². The van der Waals surface area contributed by atoms with Gasteiger partial charge in [-0.15, -0.1) is 0 Å². The van der Waals surface area contributed by atoms with Crippen molar-refractivity contribution >= 4 is 12.2 Å². The monoisotopic (exact) mass is 217 g/mol. The van der Waals surface area contributed by atoms with Crippen LogP contribution in [-0.2, 0) is 14.2 Å². The SMILES string of the molecule is CCOC(=O)OC1(OC(N)=O)CCCC1. The summed E-state index contributed by atoms with van der Waals surface area (Å²) in [4.78, 5) is 21.8. The number of nitrogens with two attached hydrogens (primary N) is 1. The van der Waals surface area contributed by atoms with Gasteiger partial charge in [0, 0.05) is 12.8 Å². The Morgan fingerprint density at radius 2 is 1.87 bits per heavy atom. The molecule has 0 aliphatic heterocycles. The Morgan fingerprint density at radius 3 is 2.33 bits per heavy atom. The number of amides is 1. The average molecular weight is 217 g/mol. The lowest BCUT2D eigenvalue weighted by molar-refractivity contribution is -0.169. The van der Waals surface area contributed by atoms with E-state index in [9.17, 15) is 9.59 Å². The summed E-state index contributed by atoms with van der Waals surface area (Å²) < 4.78 is 14.4. The Hall–Kier alpha value is -1.46. The van der Waals surface area contributed by atoms with Gasteiger partial charge in [-0.2, -0.15) is 0 Å². The molecule has 1 amide bonds. The number of carbonyl (C=O) groups is 2.